The first-order valence-corrected chi connectivity index (χ1v) is 11.2. The maximum Gasteiger partial charge on any atom is 0.227 e. The van der Waals surface area contributed by atoms with Gasteiger partial charge >= 0.3 is 0 Å². The Hall–Kier alpha value is -4.33. The molecular formula is C26H24N6O2. The Morgan fingerprint density at radius 3 is 2.56 bits per heavy atom. The average molecular weight is 453 g/mol. The lowest BCUT2D eigenvalue weighted by Crippen LogP contribution is -2.12. The molecule has 0 aliphatic heterocycles. The summed E-state index contributed by atoms with van der Waals surface area (Å²) < 4.78 is 5.34. The van der Waals surface area contributed by atoms with E-state index in [-0.39, 0.29) is 12.3 Å². The van der Waals surface area contributed by atoms with Gasteiger partial charge in [-0.2, -0.15) is 4.98 Å². The van der Waals surface area contributed by atoms with Gasteiger partial charge in [0.15, 0.2) is 0 Å². The van der Waals surface area contributed by atoms with Crippen LogP contribution in [0.25, 0.3) is 33.8 Å². The second-order valence-electron chi connectivity index (χ2n) is 8.39. The maximum absolute atomic E-state index is 12.5. The number of hydrogen-bond acceptors (Lipinski definition) is 6. The minimum atomic E-state index is -0.130. The number of nitrogens with zero attached hydrogens (tertiary/aromatic N) is 4. The summed E-state index contributed by atoms with van der Waals surface area (Å²) in [5, 5.41) is 6.97. The molecule has 0 unspecified atom stereocenters. The highest BCUT2D eigenvalue weighted by molar-refractivity contribution is 5.93. The second-order valence-corrected chi connectivity index (χ2v) is 8.39. The van der Waals surface area contributed by atoms with Crippen LogP contribution < -0.4 is 5.32 Å². The first-order chi connectivity index (χ1) is 16.5. The van der Waals surface area contributed by atoms with E-state index < -0.39 is 0 Å². The van der Waals surface area contributed by atoms with Crippen molar-refractivity contribution in [2.45, 2.75) is 32.6 Å². The summed E-state index contributed by atoms with van der Waals surface area (Å²) in [6, 6.07) is 17.5. The van der Waals surface area contributed by atoms with Crippen LogP contribution in [0.1, 0.15) is 37.6 Å². The van der Waals surface area contributed by atoms with Crippen molar-refractivity contribution in [3.05, 3.63) is 78.4 Å². The van der Waals surface area contributed by atoms with Gasteiger partial charge in [-0.25, -0.2) is 4.98 Å². The molecule has 8 heteroatoms. The Kier molecular flexibility index (Phi) is 5.86. The van der Waals surface area contributed by atoms with E-state index in [2.05, 4.69) is 56.4 Å². The SMILES string of the molecule is CC(C)c1ccc(-c2noc(CCC(=O)Nc3ccc4nc(-c5ccncc5)[nH]c4c3)n2)cc1. The molecular weight excluding hydrogens is 428 g/mol. The van der Waals surface area contributed by atoms with E-state index in [9.17, 15) is 4.79 Å². The first-order valence-electron chi connectivity index (χ1n) is 11.2. The van der Waals surface area contributed by atoms with Gasteiger partial charge in [-0.1, -0.05) is 43.3 Å². The molecule has 3 aromatic heterocycles. The fourth-order valence-electron chi connectivity index (χ4n) is 3.67. The number of carbonyl (C=O) groups is 1. The van der Waals surface area contributed by atoms with Gasteiger partial charge in [-0.15, -0.1) is 0 Å². The number of anilines is 1. The summed E-state index contributed by atoms with van der Waals surface area (Å²) in [5.74, 6) is 2.05. The highest BCUT2D eigenvalue weighted by Gasteiger charge is 2.12. The third-order valence-electron chi connectivity index (χ3n) is 5.59. The lowest BCUT2D eigenvalue weighted by Gasteiger charge is -2.04. The third-order valence-corrected chi connectivity index (χ3v) is 5.59. The molecule has 3 heterocycles. The number of pyridine rings is 1. The zero-order chi connectivity index (χ0) is 23.5. The second kappa shape index (κ2) is 9.27. The van der Waals surface area contributed by atoms with E-state index >= 15 is 0 Å². The number of benzene rings is 2. The van der Waals surface area contributed by atoms with Gasteiger partial charge in [-0.3, -0.25) is 9.78 Å². The smallest absolute Gasteiger partial charge is 0.227 e. The number of nitrogens with one attached hydrogen (secondary N) is 2. The number of aromatic nitrogens is 5. The van der Waals surface area contributed by atoms with Crippen molar-refractivity contribution in [2.75, 3.05) is 5.32 Å². The molecule has 0 saturated heterocycles. The number of rotatable bonds is 7. The van der Waals surface area contributed by atoms with Crippen molar-refractivity contribution in [1.29, 1.82) is 0 Å². The van der Waals surface area contributed by atoms with Crippen molar-refractivity contribution in [2.24, 2.45) is 0 Å². The number of fused-ring (bicyclic) bond motifs is 1. The van der Waals surface area contributed by atoms with Crippen LogP contribution in [-0.2, 0) is 11.2 Å². The summed E-state index contributed by atoms with van der Waals surface area (Å²) in [4.78, 5) is 28.8. The van der Waals surface area contributed by atoms with Crippen molar-refractivity contribution in [3.63, 3.8) is 0 Å². The van der Waals surface area contributed by atoms with Crippen molar-refractivity contribution < 1.29 is 9.32 Å². The van der Waals surface area contributed by atoms with Crippen LogP contribution in [0.5, 0.6) is 0 Å². The molecule has 0 fully saturated rings. The molecule has 0 saturated carbocycles. The van der Waals surface area contributed by atoms with Crippen LogP contribution in [0.4, 0.5) is 5.69 Å². The van der Waals surface area contributed by atoms with Crippen LogP contribution >= 0.6 is 0 Å². The molecule has 34 heavy (non-hydrogen) atoms. The van der Waals surface area contributed by atoms with Crippen LogP contribution in [0.3, 0.4) is 0 Å². The number of hydrogen-bond donors (Lipinski definition) is 2. The fourth-order valence-corrected chi connectivity index (χ4v) is 3.67. The number of H-pyrrole nitrogens is 1. The molecule has 0 aliphatic rings. The quantitative estimate of drug-likeness (QED) is 0.344. The standard InChI is InChI=1S/C26H24N6O2/c1-16(2)17-3-5-18(6-4-17)26-31-24(34-32-26)10-9-23(33)28-20-7-8-21-22(15-20)30-25(29-21)19-11-13-27-14-12-19/h3-8,11-16H,9-10H2,1-2H3,(H,28,33)(H,29,30). The number of aromatic amines is 1. The van der Waals surface area contributed by atoms with Gasteiger partial charge in [0.25, 0.3) is 0 Å². The zero-order valence-corrected chi connectivity index (χ0v) is 18.9. The Morgan fingerprint density at radius 2 is 1.79 bits per heavy atom. The minimum absolute atomic E-state index is 0.130. The molecule has 1 amide bonds. The number of carbonyl (C=O) groups excluding carboxylic acids is 1. The van der Waals surface area contributed by atoms with E-state index in [4.69, 9.17) is 4.52 Å². The summed E-state index contributed by atoms with van der Waals surface area (Å²) in [6.07, 6.45) is 4.05. The molecule has 0 spiro atoms. The van der Waals surface area contributed by atoms with E-state index in [0.717, 1.165) is 28.0 Å². The highest BCUT2D eigenvalue weighted by atomic mass is 16.5. The van der Waals surface area contributed by atoms with E-state index in [1.165, 1.54) is 5.56 Å². The fraction of sp³-hybridized carbons (Fsp3) is 0.192. The Balaban J connectivity index is 1.20. The molecule has 2 aromatic carbocycles. The molecule has 5 rings (SSSR count). The van der Waals surface area contributed by atoms with Crippen molar-refractivity contribution >= 4 is 22.6 Å². The van der Waals surface area contributed by atoms with Gasteiger partial charge in [-0.05, 0) is 41.8 Å². The largest absolute Gasteiger partial charge is 0.339 e. The average Bonchev–Trinajstić information content (AvgIpc) is 3.50. The lowest BCUT2D eigenvalue weighted by molar-refractivity contribution is -0.116. The monoisotopic (exact) mass is 452 g/mol. The van der Waals surface area contributed by atoms with E-state index in [1.54, 1.807) is 12.4 Å². The lowest BCUT2D eigenvalue weighted by atomic mass is 10.0. The molecule has 8 nitrogen and oxygen atoms in total. The Morgan fingerprint density at radius 1 is 1.00 bits per heavy atom. The highest BCUT2D eigenvalue weighted by Crippen LogP contribution is 2.23. The maximum atomic E-state index is 12.5. The molecule has 2 N–H and O–H groups in total. The molecule has 5 aromatic rings. The Labute approximate surface area is 196 Å². The van der Waals surface area contributed by atoms with Crippen LogP contribution in [-0.4, -0.2) is 31.0 Å². The van der Waals surface area contributed by atoms with Crippen LogP contribution in [0.2, 0.25) is 0 Å². The van der Waals surface area contributed by atoms with Gasteiger partial charge in [0.05, 0.1) is 11.0 Å². The van der Waals surface area contributed by atoms with Crippen LogP contribution in [0.15, 0.2) is 71.5 Å². The van der Waals surface area contributed by atoms with Crippen molar-refractivity contribution in [1.82, 2.24) is 25.1 Å². The number of imidazole rings is 1. The van der Waals surface area contributed by atoms with Gasteiger partial charge in [0.2, 0.25) is 17.6 Å². The minimum Gasteiger partial charge on any atom is -0.339 e. The molecule has 0 atom stereocenters. The predicted octanol–water partition coefficient (Wildman–Crippen LogP) is 5.37. The predicted molar refractivity (Wildman–Crippen MR) is 130 cm³/mol. The van der Waals surface area contributed by atoms with Crippen molar-refractivity contribution in [3.8, 4) is 22.8 Å². The van der Waals surface area contributed by atoms with Gasteiger partial charge in [0.1, 0.15) is 5.82 Å². The zero-order valence-electron chi connectivity index (χ0n) is 18.9. The van der Waals surface area contributed by atoms with Gasteiger partial charge in [0, 0.05) is 42.0 Å². The molecule has 170 valence electrons. The summed E-state index contributed by atoms with van der Waals surface area (Å²) in [7, 11) is 0. The summed E-state index contributed by atoms with van der Waals surface area (Å²) >= 11 is 0. The van der Waals surface area contributed by atoms with E-state index in [0.29, 0.717) is 29.7 Å². The third kappa shape index (κ3) is 4.71. The molecule has 0 bridgehead atoms. The first kappa shape index (κ1) is 21.5. The van der Waals surface area contributed by atoms with Gasteiger partial charge < -0.3 is 14.8 Å². The normalized spacial score (nSPS) is 11.3. The Bertz CT molecular complexity index is 1420. The topological polar surface area (TPSA) is 110 Å². The summed E-state index contributed by atoms with van der Waals surface area (Å²) in [5.41, 5.74) is 5.46. The van der Waals surface area contributed by atoms with E-state index in [1.807, 2.05) is 42.5 Å². The molecule has 0 radical (unpaired) electrons. The number of amides is 1. The summed E-state index contributed by atoms with van der Waals surface area (Å²) in [6.45, 7) is 4.30. The van der Waals surface area contributed by atoms with Crippen LogP contribution in [0, 0.1) is 0 Å². The number of aryl methyl sites for hydroxylation is 1. The molecule has 0 aliphatic carbocycles.